The molecule has 1 aromatic heterocycles. The molecule has 4 heteroatoms. The number of pyridine rings is 1. The van der Waals surface area contributed by atoms with Crippen LogP contribution in [0.2, 0.25) is 0 Å². The van der Waals surface area contributed by atoms with Gasteiger partial charge < -0.3 is 11.1 Å². The van der Waals surface area contributed by atoms with Gasteiger partial charge in [-0.05, 0) is 25.6 Å². The van der Waals surface area contributed by atoms with Gasteiger partial charge in [0.05, 0.1) is 5.69 Å². The van der Waals surface area contributed by atoms with Gasteiger partial charge in [-0.3, -0.25) is 4.90 Å². The Bertz CT molecular complexity index is 350. The van der Waals surface area contributed by atoms with Crippen LogP contribution >= 0.6 is 0 Å². The summed E-state index contributed by atoms with van der Waals surface area (Å²) in [6, 6.07) is 4.45. The zero-order valence-electron chi connectivity index (χ0n) is 9.33. The number of aromatic nitrogens is 1. The summed E-state index contributed by atoms with van der Waals surface area (Å²) >= 11 is 0. The minimum absolute atomic E-state index is 0.273. The lowest BCUT2D eigenvalue weighted by Crippen LogP contribution is -2.25. The lowest BCUT2D eigenvalue weighted by molar-refractivity contribution is 0.351. The first kappa shape index (κ1) is 10.4. The maximum atomic E-state index is 5.56. The number of fused-ring (bicyclic) bond motifs is 1. The highest BCUT2D eigenvalue weighted by atomic mass is 15.1. The van der Waals surface area contributed by atoms with Crippen LogP contribution in [-0.4, -0.2) is 29.5 Å². The zero-order chi connectivity index (χ0) is 10.8. The Morgan fingerprint density at radius 3 is 3.07 bits per heavy atom. The van der Waals surface area contributed by atoms with E-state index >= 15 is 0 Å². The molecule has 4 nitrogen and oxygen atoms in total. The minimum Gasteiger partial charge on any atom is -0.366 e. The van der Waals surface area contributed by atoms with Gasteiger partial charge in [-0.2, -0.15) is 0 Å². The molecule has 1 aliphatic heterocycles. The summed E-state index contributed by atoms with van der Waals surface area (Å²) in [5.74, 6) is 0.932. The van der Waals surface area contributed by atoms with Crippen molar-refractivity contribution in [2.75, 3.05) is 18.9 Å². The normalized spacial score (nSPS) is 17.5. The molecule has 3 N–H and O–H groups in total. The quantitative estimate of drug-likeness (QED) is 0.767. The molecule has 1 atom stereocenters. The third-order valence-electron chi connectivity index (χ3n) is 2.68. The molecule has 0 amide bonds. The van der Waals surface area contributed by atoms with Crippen molar-refractivity contribution in [2.24, 2.45) is 5.73 Å². The summed E-state index contributed by atoms with van der Waals surface area (Å²) in [6.07, 6.45) is 0. The van der Waals surface area contributed by atoms with E-state index in [-0.39, 0.29) is 6.04 Å². The first-order valence-electron chi connectivity index (χ1n) is 5.33. The molecule has 0 fully saturated rings. The lowest BCUT2D eigenvalue weighted by Gasteiger charge is -2.12. The first-order valence-corrected chi connectivity index (χ1v) is 5.33. The van der Waals surface area contributed by atoms with Crippen LogP contribution in [0, 0.1) is 0 Å². The van der Waals surface area contributed by atoms with Gasteiger partial charge in [0.25, 0.3) is 0 Å². The third-order valence-corrected chi connectivity index (χ3v) is 2.68. The maximum Gasteiger partial charge on any atom is 0.126 e. The van der Waals surface area contributed by atoms with Crippen LogP contribution in [0.25, 0.3) is 0 Å². The van der Waals surface area contributed by atoms with Crippen LogP contribution in [0.3, 0.4) is 0 Å². The van der Waals surface area contributed by atoms with Crippen molar-refractivity contribution < 1.29 is 0 Å². The van der Waals surface area contributed by atoms with E-state index in [1.54, 1.807) is 0 Å². The van der Waals surface area contributed by atoms with E-state index in [1.165, 1.54) is 11.3 Å². The monoisotopic (exact) mass is 206 g/mol. The van der Waals surface area contributed by atoms with E-state index < -0.39 is 0 Å². The van der Waals surface area contributed by atoms with Crippen molar-refractivity contribution in [3.63, 3.8) is 0 Å². The highest BCUT2D eigenvalue weighted by Crippen LogP contribution is 2.21. The largest absolute Gasteiger partial charge is 0.366 e. The van der Waals surface area contributed by atoms with E-state index in [0.29, 0.717) is 6.54 Å². The van der Waals surface area contributed by atoms with Crippen LogP contribution in [0.4, 0.5) is 5.82 Å². The Morgan fingerprint density at radius 1 is 1.53 bits per heavy atom. The summed E-state index contributed by atoms with van der Waals surface area (Å²) < 4.78 is 0. The molecular formula is C11H18N4. The van der Waals surface area contributed by atoms with Gasteiger partial charge in [-0.15, -0.1) is 0 Å². The molecule has 2 heterocycles. The summed E-state index contributed by atoms with van der Waals surface area (Å²) in [5.41, 5.74) is 8.08. The molecular weight excluding hydrogens is 188 g/mol. The summed E-state index contributed by atoms with van der Waals surface area (Å²) in [4.78, 5) is 6.84. The van der Waals surface area contributed by atoms with Crippen LogP contribution in [0.15, 0.2) is 12.1 Å². The highest BCUT2D eigenvalue weighted by Gasteiger charge is 2.17. The van der Waals surface area contributed by atoms with E-state index in [0.717, 1.165) is 18.9 Å². The van der Waals surface area contributed by atoms with E-state index in [4.69, 9.17) is 5.73 Å². The summed E-state index contributed by atoms with van der Waals surface area (Å²) in [5, 5.41) is 3.28. The van der Waals surface area contributed by atoms with Gasteiger partial charge >= 0.3 is 0 Å². The molecule has 15 heavy (non-hydrogen) atoms. The van der Waals surface area contributed by atoms with Crippen LogP contribution in [-0.2, 0) is 13.1 Å². The molecule has 82 valence electrons. The van der Waals surface area contributed by atoms with E-state index in [9.17, 15) is 0 Å². The summed E-state index contributed by atoms with van der Waals surface area (Å²) in [6.45, 7) is 4.64. The van der Waals surface area contributed by atoms with Crippen LogP contribution < -0.4 is 11.1 Å². The van der Waals surface area contributed by atoms with Crippen molar-refractivity contribution in [3.05, 3.63) is 23.4 Å². The van der Waals surface area contributed by atoms with Gasteiger partial charge in [-0.1, -0.05) is 6.07 Å². The number of nitrogens with zero attached hydrogens (tertiary/aromatic N) is 2. The first-order chi connectivity index (χ1) is 7.19. The summed E-state index contributed by atoms with van der Waals surface area (Å²) in [7, 11) is 2.11. The number of hydrogen-bond donors (Lipinski definition) is 2. The second-order valence-electron chi connectivity index (χ2n) is 4.26. The fraction of sp³-hybridized carbons (Fsp3) is 0.545. The standard InChI is InChI=1S/C11H18N4/c1-8(5-12)13-11-4-3-9-6-15(2)7-10(9)14-11/h3-4,8H,5-7,12H2,1-2H3,(H,13,14). The number of nitrogens with two attached hydrogens (primary N) is 1. The lowest BCUT2D eigenvalue weighted by atomic mass is 10.2. The van der Waals surface area contributed by atoms with Gasteiger partial charge in [-0.25, -0.2) is 4.98 Å². The van der Waals surface area contributed by atoms with Crippen molar-refractivity contribution in [1.82, 2.24) is 9.88 Å². The SMILES string of the molecule is CC(CN)Nc1ccc2c(n1)CN(C)C2. The Hall–Kier alpha value is -1.13. The van der Waals surface area contributed by atoms with Crippen LogP contribution in [0.5, 0.6) is 0 Å². The van der Waals surface area contributed by atoms with Gasteiger partial charge in [0, 0.05) is 25.7 Å². The fourth-order valence-corrected chi connectivity index (χ4v) is 1.81. The predicted molar refractivity (Wildman–Crippen MR) is 61.5 cm³/mol. The maximum absolute atomic E-state index is 5.56. The molecule has 0 aromatic carbocycles. The molecule has 2 rings (SSSR count). The third kappa shape index (κ3) is 2.27. The number of nitrogens with one attached hydrogen (secondary N) is 1. The smallest absolute Gasteiger partial charge is 0.126 e. The number of hydrogen-bond acceptors (Lipinski definition) is 4. The Kier molecular flexibility index (Phi) is 2.88. The van der Waals surface area contributed by atoms with Crippen LogP contribution in [0.1, 0.15) is 18.2 Å². The molecule has 0 aliphatic carbocycles. The second kappa shape index (κ2) is 4.16. The van der Waals surface area contributed by atoms with E-state index in [2.05, 4.69) is 35.2 Å². The molecule has 0 bridgehead atoms. The molecule has 0 saturated heterocycles. The minimum atomic E-state index is 0.273. The van der Waals surface area contributed by atoms with Crippen molar-refractivity contribution >= 4 is 5.82 Å². The predicted octanol–water partition coefficient (Wildman–Crippen LogP) is 0.786. The topological polar surface area (TPSA) is 54.2 Å². The molecule has 0 spiro atoms. The zero-order valence-corrected chi connectivity index (χ0v) is 9.33. The average molecular weight is 206 g/mol. The molecule has 1 aromatic rings. The highest BCUT2D eigenvalue weighted by molar-refractivity contribution is 5.40. The van der Waals surface area contributed by atoms with E-state index in [1.807, 2.05) is 6.07 Å². The van der Waals surface area contributed by atoms with Gasteiger partial charge in [0.15, 0.2) is 0 Å². The number of anilines is 1. The Balaban J connectivity index is 2.13. The van der Waals surface area contributed by atoms with Crippen molar-refractivity contribution in [3.8, 4) is 0 Å². The van der Waals surface area contributed by atoms with Gasteiger partial charge in [0.1, 0.15) is 5.82 Å². The van der Waals surface area contributed by atoms with Crippen molar-refractivity contribution in [1.29, 1.82) is 0 Å². The fourth-order valence-electron chi connectivity index (χ4n) is 1.81. The van der Waals surface area contributed by atoms with Crippen molar-refractivity contribution in [2.45, 2.75) is 26.1 Å². The molecule has 1 aliphatic rings. The van der Waals surface area contributed by atoms with Gasteiger partial charge in [0.2, 0.25) is 0 Å². The molecule has 0 radical (unpaired) electrons. The number of rotatable bonds is 3. The molecule has 1 unspecified atom stereocenters. The average Bonchev–Trinajstić information content (AvgIpc) is 2.57. The second-order valence-corrected chi connectivity index (χ2v) is 4.26. The Morgan fingerprint density at radius 2 is 2.33 bits per heavy atom. The Labute approximate surface area is 90.5 Å². The molecule has 0 saturated carbocycles.